The second-order valence-electron chi connectivity index (χ2n) is 6.60. The van der Waals surface area contributed by atoms with Crippen LogP contribution in [0.2, 0.25) is 0 Å². The first-order valence-electron chi connectivity index (χ1n) is 9.25. The van der Waals surface area contributed by atoms with Crippen LogP contribution in [0, 0.1) is 5.82 Å². The van der Waals surface area contributed by atoms with E-state index in [1.165, 1.54) is 23.5 Å². The first-order valence-corrected chi connectivity index (χ1v) is 10.1. The van der Waals surface area contributed by atoms with Gasteiger partial charge in [0.2, 0.25) is 0 Å². The molecule has 0 radical (unpaired) electrons. The third kappa shape index (κ3) is 3.96. The summed E-state index contributed by atoms with van der Waals surface area (Å²) in [5, 5.41) is 0. The van der Waals surface area contributed by atoms with Crippen molar-refractivity contribution in [3.05, 3.63) is 113 Å². The molecular weight excluding hydrogens is 383 g/mol. The molecule has 0 spiro atoms. The van der Waals surface area contributed by atoms with Gasteiger partial charge >= 0.3 is 0 Å². The van der Waals surface area contributed by atoms with E-state index in [-0.39, 0.29) is 11.7 Å². The highest BCUT2D eigenvalue weighted by atomic mass is 32.1. The van der Waals surface area contributed by atoms with Gasteiger partial charge < -0.3 is 4.57 Å². The zero-order chi connectivity index (χ0) is 20.2. The molecule has 0 bridgehead atoms. The average molecular weight is 402 g/mol. The van der Waals surface area contributed by atoms with Crippen LogP contribution < -0.4 is 4.80 Å². The van der Waals surface area contributed by atoms with Gasteiger partial charge in [-0.15, -0.1) is 6.58 Å². The maximum atomic E-state index is 13.7. The summed E-state index contributed by atoms with van der Waals surface area (Å²) in [5.74, 6) is -1.07. The summed E-state index contributed by atoms with van der Waals surface area (Å²) in [6.45, 7) is 4.28. The maximum absolute atomic E-state index is 13.7. The van der Waals surface area contributed by atoms with Crippen molar-refractivity contribution in [2.45, 2.75) is 12.5 Å². The molecule has 1 aromatic heterocycles. The highest BCUT2D eigenvalue weighted by Gasteiger charge is 2.22. The fourth-order valence-corrected chi connectivity index (χ4v) is 4.44. The lowest BCUT2D eigenvalue weighted by molar-refractivity contribution is -0.118. The monoisotopic (exact) mass is 402 g/mol. The zero-order valence-corrected chi connectivity index (χ0v) is 16.5. The fourth-order valence-electron chi connectivity index (χ4n) is 3.37. The highest BCUT2D eigenvalue weighted by molar-refractivity contribution is 7.16. The van der Waals surface area contributed by atoms with Gasteiger partial charge in [-0.2, -0.15) is 4.99 Å². The van der Waals surface area contributed by atoms with E-state index in [1.54, 1.807) is 12.1 Å². The molecule has 0 aliphatic carbocycles. The minimum atomic E-state index is -0.503. The van der Waals surface area contributed by atoms with Crippen molar-refractivity contribution < 1.29 is 9.18 Å². The maximum Gasteiger partial charge on any atom is 0.260 e. The first kappa shape index (κ1) is 19.0. The van der Waals surface area contributed by atoms with Crippen molar-refractivity contribution >= 4 is 27.5 Å². The van der Waals surface area contributed by atoms with Gasteiger partial charge in [-0.1, -0.05) is 78.1 Å². The highest BCUT2D eigenvalue weighted by Crippen LogP contribution is 2.26. The Labute approximate surface area is 172 Å². The van der Waals surface area contributed by atoms with E-state index in [4.69, 9.17) is 0 Å². The summed E-state index contributed by atoms with van der Waals surface area (Å²) in [4.78, 5) is 18.3. The van der Waals surface area contributed by atoms with Crippen molar-refractivity contribution in [2.24, 2.45) is 4.99 Å². The van der Waals surface area contributed by atoms with Crippen LogP contribution in [0.5, 0.6) is 0 Å². The molecule has 0 atom stereocenters. The normalized spacial score (nSPS) is 11.9. The number of rotatable bonds is 5. The van der Waals surface area contributed by atoms with E-state index < -0.39 is 5.92 Å². The fraction of sp³-hybridized carbons (Fsp3) is 0.0833. The molecule has 5 heteroatoms. The number of benzene rings is 3. The molecule has 144 valence electrons. The molecule has 0 fully saturated rings. The smallest absolute Gasteiger partial charge is 0.260 e. The van der Waals surface area contributed by atoms with E-state index in [2.05, 4.69) is 11.6 Å². The molecule has 3 nitrogen and oxygen atoms in total. The second-order valence-corrected chi connectivity index (χ2v) is 7.61. The van der Waals surface area contributed by atoms with Gasteiger partial charge in [-0.05, 0) is 29.3 Å². The van der Waals surface area contributed by atoms with Crippen molar-refractivity contribution in [3.8, 4) is 0 Å². The van der Waals surface area contributed by atoms with E-state index in [0.717, 1.165) is 21.3 Å². The van der Waals surface area contributed by atoms with Crippen LogP contribution in [0.15, 0.2) is 96.5 Å². The minimum absolute atomic E-state index is 0.257. The Morgan fingerprint density at radius 3 is 2.24 bits per heavy atom. The Morgan fingerprint density at radius 1 is 1.03 bits per heavy atom. The van der Waals surface area contributed by atoms with E-state index in [1.807, 2.05) is 65.2 Å². The predicted octanol–water partition coefficient (Wildman–Crippen LogP) is 5.29. The third-order valence-corrected chi connectivity index (χ3v) is 5.72. The third-order valence-electron chi connectivity index (χ3n) is 4.68. The van der Waals surface area contributed by atoms with E-state index in [0.29, 0.717) is 11.3 Å². The molecule has 1 heterocycles. The van der Waals surface area contributed by atoms with Gasteiger partial charge in [0.05, 0.1) is 16.1 Å². The lowest BCUT2D eigenvalue weighted by Gasteiger charge is -2.14. The van der Waals surface area contributed by atoms with Crippen molar-refractivity contribution in [1.29, 1.82) is 0 Å². The topological polar surface area (TPSA) is 34.4 Å². The van der Waals surface area contributed by atoms with Crippen molar-refractivity contribution in [3.63, 3.8) is 0 Å². The summed E-state index contributed by atoms with van der Waals surface area (Å²) in [7, 11) is 0. The van der Waals surface area contributed by atoms with Gasteiger partial charge in [0.25, 0.3) is 5.91 Å². The molecule has 29 heavy (non-hydrogen) atoms. The quantitative estimate of drug-likeness (QED) is 0.418. The van der Waals surface area contributed by atoms with Crippen LogP contribution >= 0.6 is 11.3 Å². The number of carbonyl (C=O) groups is 1. The van der Waals surface area contributed by atoms with Crippen LogP contribution in [0.1, 0.15) is 17.0 Å². The van der Waals surface area contributed by atoms with Crippen LogP contribution in [0.25, 0.3) is 10.2 Å². The molecule has 4 aromatic rings. The van der Waals surface area contributed by atoms with Crippen molar-refractivity contribution in [2.75, 3.05) is 0 Å². The number of allylic oxidation sites excluding steroid dienone is 1. The Bertz CT molecular complexity index is 1190. The Morgan fingerprint density at radius 2 is 1.66 bits per heavy atom. The molecule has 0 saturated carbocycles. The van der Waals surface area contributed by atoms with E-state index >= 15 is 0 Å². The predicted molar refractivity (Wildman–Crippen MR) is 115 cm³/mol. The number of hydrogen-bond donors (Lipinski definition) is 0. The number of nitrogens with zero attached hydrogens (tertiary/aromatic N) is 2. The van der Waals surface area contributed by atoms with Crippen LogP contribution in [0.3, 0.4) is 0 Å². The number of hydrogen-bond acceptors (Lipinski definition) is 2. The molecule has 0 N–H and O–H groups in total. The molecule has 0 unspecified atom stereocenters. The Balaban J connectivity index is 1.86. The number of aromatic nitrogens is 1. The number of fused-ring (bicyclic) bond motifs is 1. The summed E-state index contributed by atoms with van der Waals surface area (Å²) in [6, 6.07) is 23.8. The Kier molecular flexibility index (Phi) is 5.49. The van der Waals surface area contributed by atoms with Crippen LogP contribution in [0.4, 0.5) is 4.39 Å². The number of carbonyl (C=O) groups excluding carboxylic acids is 1. The number of thiazole rings is 1. The van der Waals surface area contributed by atoms with Gasteiger partial charge in [-0.25, -0.2) is 4.39 Å². The largest absolute Gasteiger partial charge is 0.313 e. The molecule has 0 saturated heterocycles. The molecule has 1 amide bonds. The zero-order valence-electron chi connectivity index (χ0n) is 15.7. The summed E-state index contributed by atoms with van der Waals surface area (Å²) < 4.78 is 16.3. The van der Waals surface area contributed by atoms with Crippen LogP contribution in [-0.2, 0) is 11.3 Å². The lowest BCUT2D eigenvalue weighted by Crippen LogP contribution is -2.20. The van der Waals surface area contributed by atoms with Gasteiger partial charge in [-0.3, -0.25) is 4.79 Å². The van der Waals surface area contributed by atoms with Gasteiger partial charge in [0.15, 0.2) is 4.80 Å². The van der Waals surface area contributed by atoms with E-state index in [9.17, 15) is 9.18 Å². The van der Waals surface area contributed by atoms with Gasteiger partial charge in [0, 0.05) is 6.54 Å². The molecule has 4 rings (SSSR count). The molecule has 0 aliphatic rings. The number of halogens is 1. The molecular formula is C24H19FN2OS. The minimum Gasteiger partial charge on any atom is -0.313 e. The second kappa shape index (κ2) is 8.37. The summed E-state index contributed by atoms with van der Waals surface area (Å²) >= 11 is 1.30. The molecule has 0 aliphatic heterocycles. The van der Waals surface area contributed by atoms with Crippen LogP contribution in [-0.4, -0.2) is 10.5 Å². The van der Waals surface area contributed by atoms with Crippen molar-refractivity contribution in [1.82, 2.24) is 4.57 Å². The SMILES string of the molecule is C=CCn1c(=NC(=O)C(c2ccccc2)c2ccccc2)sc2cc(F)ccc21. The number of amides is 1. The summed E-state index contributed by atoms with van der Waals surface area (Å²) in [6.07, 6.45) is 1.74. The van der Waals surface area contributed by atoms with Gasteiger partial charge in [0.1, 0.15) is 5.82 Å². The lowest BCUT2D eigenvalue weighted by atomic mass is 9.91. The Hall–Kier alpha value is -3.31. The standard InChI is InChI=1S/C24H19FN2OS/c1-2-15-27-20-14-13-19(25)16-21(20)29-24(27)26-23(28)22(17-9-5-3-6-10-17)18-11-7-4-8-12-18/h2-14,16,22H,1,15H2. The molecule has 3 aromatic carbocycles. The summed E-state index contributed by atoms with van der Waals surface area (Å²) in [5.41, 5.74) is 2.60. The first-order chi connectivity index (χ1) is 14.2. The average Bonchev–Trinajstić information content (AvgIpc) is 3.06.